The topological polar surface area (TPSA) is 66.0 Å². The number of fused-ring (bicyclic) bond motifs is 1. The highest BCUT2D eigenvalue weighted by atomic mass is 16.4. The van der Waals surface area contributed by atoms with E-state index in [4.69, 9.17) is 5.11 Å². The molecule has 1 heterocycles. The Hall–Kier alpha value is -2.62. The minimum absolute atomic E-state index is 0.0864. The predicted molar refractivity (Wildman–Crippen MR) is 77.5 cm³/mol. The van der Waals surface area contributed by atoms with E-state index in [9.17, 15) is 4.79 Å². The molecular weight excluding hydrogens is 252 g/mol. The van der Waals surface area contributed by atoms with Crippen molar-refractivity contribution in [3.8, 4) is 11.1 Å². The van der Waals surface area contributed by atoms with Crippen LogP contribution in [0, 0.1) is 0 Å². The van der Waals surface area contributed by atoms with E-state index in [-0.39, 0.29) is 6.42 Å². The van der Waals surface area contributed by atoms with Crippen molar-refractivity contribution in [2.75, 3.05) is 0 Å². The van der Waals surface area contributed by atoms with Crippen molar-refractivity contribution in [2.24, 2.45) is 0 Å². The number of aromatic nitrogens is 2. The zero-order chi connectivity index (χ0) is 13.9. The maximum absolute atomic E-state index is 10.7. The van der Waals surface area contributed by atoms with E-state index in [1.165, 1.54) is 0 Å². The van der Waals surface area contributed by atoms with Gasteiger partial charge in [-0.25, -0.2) is 0 Å². The summed E-state index contributed by atoms with van der Waals surface area (Å²) in [5, 5.41) is 17.1. The van der Waals surface area contributed by atoms with Gasteiger partial charge in [0.1, 0.15) is 0 Å². The van der Waals surface area contributed by atoms with Crippen LogP contribution in [0.1, 0.15) is 12.1 Å². The summed E-state index contributed by atoms with van der Waals surface area (Å²) in [5.41, 5.74) is 3.93. The Kier molecular flexibility index (Phi) is 3.21. The molecule has 0 saturated heterocycles. The Bertz CT molecular complexity index is 748. The SMILES string of the molecule is O=C(O)CCc1n[nH]c2cccc(-c3ccccc3)c12. The Morgan fingerprint density at radius 3 is 2.65 bits per heavy atom. The van der Waals surface area contributed by atoms with E-state index in [2.05, 4.69) is 10.2 Å². The van der Waals surface area contributed by atoms with Crippen LogP contribution in [0.3, 0.4) is 0 Å². The summed E-state index contributed by atoms with van der Waals surface area (Å²) in [6, 6.07) is 16.0. The van der Waals surface area contributed by atoms with Gasteiger partial charge in [0, 0.05) is 11.8 Å². The highest BCUT2D eigenvalue weighted by molar-refractivity contribution is 5.96. The van der Waals surface area contributed by atoms with Crippen molar-refractivity contribution in [1.29, 1.82) is 0 Å². The summed E-state index contributed by atoms with van der Waals surface area (Å²) in [6.45, 7) is 0. The van der Waals surface area contributed by atoms with Crippen LogP contribution < -0.4 is 0 Å². The van der Waals surface area contributed by atoms with Crippen LogP contribution in [-0.2, 0) is 11.2 Å². The molecule has 3 aromatic rings. The number of benzene rings is 2. The van der Waals surface area contributed by atoms with Crippen LogP contribution in [-0.4, -0.2) is 21.3 Å². The van der Waals surface area contributed by atoms with E-state index in [0.717, 1.165) is 27.7 Å². The van der Waals surface area contributed by atoms with Gasteiger partial charge in [-0.15, -0.1) is 0 Å². The normalized spacial score (nSPS) is 10.8. The molecule has 0 spiro atoms. The first-order chi connectivity index (χ1) is 9.75. The summed E-state index contributed by atoms with van der Waals surface area (Å²) in [6.07, 6.45) is 0.516. The molecule has 0 aliphatic heterocycles. The van der Waals surface area contributed by atoms with Crippen molar-refractivity contribution in [2.45, 2.75) is 12.8 Å². The second-order valence-corrected chi connectivity index (χ2v) is 4.66. The fraction of sp³-hybridized carbons (Fsp3) is 0.125. The van der Waals surface area contributed by atoms with Gasteiger partial charge in [-0.3, -0.25) is 9.89 Å². The molecule has 3 rings (SSSR count). The molecule has 0 fully saturated rings. The summed E-state index contributed by atoms with van der Waals surface area (Å²) in [5.74, 6) is -0.807. The molecule has 0 radical (unpaired) electrons. The van der Waals surface area contributed by atoms with Crippen LogP contribution in [0.15, 0.2) is 48.5 Å². The second kappa shape index (κ2) is 5.17. The number of carboxylic acid groups (broad SMARTS) is 1. The maximum Gasteiger partial charge on any atom is 0.303 e. The largest absolute Gasteiger partial charge is 0.481 e. The number of nitrogens with one attached hydrogen (secondary N) is 1. The second-order valence-electron chi connectivity index (χ2n) is 4.66. The summed E-state index contributed by atoms with van der Waals surface area (Å²) in [4.78, 5) is 10.7. The fourth-order valence-electron chi connectivity index (χ4n) is 2.40. The Morgan fingerprint density at radius 1 is 1.10 bits per heavy atom. The average Bonchev–Trinajstić information content (AvgIpc) is 2.89. The zero-order valence-corrected chi connectivity index (χ0v) is 10.8. The number of rotatable bonds is 4. The van der Waals surface area contributed by atoms with Crippen molar-refractivity contribution in [3.05, 3.63) is 54.2 Å². The van der Waals surface area contributed by atoms with Crippen molar-refractivity contribution >= 4 is 16.9 Å². The number of hydrogen-bond donors (Lipinski definition) is 2. The molecule has 2 N–H and O–H groups in total. The molecule has 2 aromatic carbocycles. The van der Waals surface area contributed by atoms with Gasteiger partial charge in [0.2, 0.25) is 0 Å². The van der Waals surface area contributed by atoms with E-state index >= 15 is 0 Å². The number of nitrogens with zero attached hydrogens (tertiary/aromatic N) is 1. The third-order valence-electron chi connectivity index (χ3n) is 3.32. The predicted octanol–water partition coefficient (Wildman–Crippen LogP) is 3.25. The quantitative estimate of drug-likeness (QED) is 0.761. The lowest BCUT2D eigenvalue weighted by Crippen LogP contribution is -1.98. The first kappa shape index (κ1) is 12.4. The van der Waals surface area contributed by atoms with Gasteiger partial charge < -0.3 is 5.11 Å². The van der Waals surface area contributed by atoms with E-state index in [1.54, 1.807) is 0 Å². The Labute approximate surface area is 116 Å². The van der Waals surface area contributed by atoms with Crippen LogP contribution in [0.5, 0.6) is 0 Å². The fourth-order valence-corrected chi connectivity index (χ4v) is 2.40. The van der Waals surface area contributed by atoms with Crippen LogP contribution in [0.25, 0.3) is 22.0 Å². The molecule has 4 heteroatoms. The third-order valence-corrected chi connectivity index (χ3v) is 3.32. The lowest BCUT2D eigenvalue weighted by atomic mass is 9.99. The minimum Gasteiger partial charge on any atom is -0.481 e. The zero-order valence-electron chi connectivity index (χ0n) is 10.8. The Morgan fingerprint density at radius 2 is 1.90 bits per heavy atom. The first-order valence-electron chi connectivity index (χ1n) is 6.49. The van der Waals surface area contributed by atoms with Gasteiger partial charge in [0.05, 0.1) is 17.6 Å². The smallest absolute Gasteiger partial charge is 0.303 e. The number of carboxylic acids is 1. The summed E-state index contributed by atoms with van der Waals surface area (Å²) >= 11 is 0. The Balaban J connectivity index is 2.12. The first-order valence-corrected chi connectivity index (χ1v) is 6.49. The highest BCUT2D eigenvalue weighted by Crippen LogP contribution is 2.30. The van der Waals surface area contributed by atoms with Gasteiger partial charge in [-0.2, -0.15) is 5.10 Å². The van der Waals surface area contributed by atoms with Gasteiger partial charge in [0.15, 0.2) is 0 Å². The molecule has 0 aliphatic rings. The number of H-pyrrole nitrogens is 1. The molecule has 0 atom stereocenters. The van der Waals surface area contributed by atoms with E-state index in [0.29, 0.717) is 6.42 Å². The minimum atomic E-state index is -0.807. The summed E-state index contributed by atoms with van der Waals surface area (Å²) in [7, 11) is 0. The van der Waals surface area contributed by atoms with Crippen molar-refractivity contribution in [3.63, 3.8) is 0 Å². The summed E-state index contributed by atoms with van der Waals surface area (Å²) < 4.78 is 0. The average molecular weight is 266 g/mol. The number of aryl methyl sites for hydroxylation is 1. The van der Waals surface area contributed by atoms with Gasteiger partial charge in [-0.1, -0.05) is 42.5 Å². The lowest BCUT2D eigenvalue weighted by Gasteiger charge is -2.05. The molecular formula is C16H14N2O2. The molecule has 0 unspecified atom stereocenters. The van der Waals surface area contributed by atoms with E-state index in [1.807, 2.05) is 48.5 Å². The number of carbonyl (C=O) groups is 1. The molecule has 0 aliphatic carbocycles. The monoisotopic (exact) mass is 266 g/mol. The molecule has 0 bridgehead atoms. The lowest BCUT2D eigenvalue weighted by molar-refractivity contribution is -0.136. The number of hydrogen-bond acceptors (Lipinski definition) is 2. The number of aliphatic carboxylic acids is 1. The van der Waals surface area contributed by atoms with Crippen molar-refractivity contribution < 1.29 is 9.90 Å². The standard InChI is InChI=1S/C16H14N2O2/c19-15(20)10-9-14-16-12(11-5-2-1-3-6-11)7-4-8-13(16)17-18-14/h1-8H,9-10H2,(H,17,18)(H,19,20). The molecule has 20 heavy (non-hydrogen) atoms. The van der Waals surface area contributed by atoms with E-state index < -0.39 is 5.97 Å². The van der Waals surface area contributed by atoms with Gasteiger partial charge in [0.25, 0.3) is 0 Å². The van der Waals surface area contributed by atoms with Gasteiger partial charge in [-0.05, 0) is 17.2 Å². The van der Waals surface area contributed by atoms with Gasteiger partial charge >= 0.3 is 5.97 Å². The molecule has 1 aromatic heterocycles. The molecule has 0 saturated carbocycles. The molecule has 4 nitrogen and oxygen atoms in total. The number of aromatic amines is 1. The van der Waals surface area contributed by atoms with Crippen LogP contribution in [0.2, 0.25) is 0 Å². The van der Waals surface area contributed by atoms with Crippen molar-refractivity contribution in [1.82, 2.24) is 10.2 Å². The maximum atomic E-state index is 10.7. The molecule has 0 amide bonds. The highest BCUT2D eigenvalue weighted by Gasteiger charge is 2.12. The van der Waals surface area contributed by atoms with Crippen LogP contribution >= 0.6 is 0 Å². The third kappa shape index (κ3) is 2.28. The van der Waals surface area contributed by atoms with Crippen LogP contribution in [0.4, 0.5) is 0 Å². The molecule has 100 valence electrons.